The van der Waals surface area contributed by atoms with E-state index in [-0.39, 0.29) is 0 Å². The van der Waals surface area contributed by atoms with Gasteiger partial charge in [0.05, 0.1) is 3.79 Å². The Balaban J connectivity index is 2.85. The van der Waals surface area contributed by atoms with E-state index in [0.29, 0.717) is 6.04 Å². The predicted molar refractivity (Wildman–Crippen MR) is 86.5 cm³/mol. The van der Waals surface area contributed by atoms with E-state index in [1.54, 1.807) is 0 Å². The predicted octanol–water partition coefficient (Wildman–Crippen LogP) is 5.69. The number of halogens is 1. The smallest absolute Gasteiger partial charge is 0.0731 e. The highest BCUT2D eigenvalue weighted by Gasteiger charge is 2.22. The van der Waals surface area contributed by atoms with Crippen LogP contribution in [0.5, 0.6) is 0 Å². The number of nitrogens with one attached hydrogen (secondary N) is 1. The highest BCUT2D eigenvalue weighted by atomic mass is 79.9. The molecular formula is C15H26BrNS. The highest BCUT2D eigenvalue weighted by Crippen LogP contribution is 2.37. The van der Waals surface area contributed by atoms with E-state index >= 15 is 0 Å². The van der Waals surface area contributed by atoms with Crippen molar-refractivity contribution in [1.29, 1.82) is 0 Å². The fourth-order valence-corrected chi connectivity index (χ4v) is 4.17. The Morgan fingerprint density at radius 3 is 2.50 bits per heavy atom. The van der Waals surface area contributed by atoms with Gasteiger partial charge in [0.15, 0.2) is 0 Å². The van der Waals surface area contributed by atoms with Crippen LogP contribution in [0.25, 0.3) is 0 Å². The van der Waals surface area contributed by atoms with Gasteiger partial charge in [0.1, 0.15) is 0 Å². The summed E-state index contributed by atoms with van der Waals surface area (Å²) in [6, 6.07) is 2.87. The molecule has 1 nitrogen and oxygen atoms in total. The first kappa shape index (κ1) is 16.2. The molecule has 0 spiro atoms. The van der Waals surface area contributed by atoms with Crippen molar-refractivity contribution in [3.63, 3.8) is 0 Å². The third kappa shape index (κ3) is 4.36. The lowest BCUT2D eigenvalue weighted by Crippen LogP contribution is -2.27. The molecule has 1 N–H and O–H groups in total. The zero-order chi connectivity index (χ0) is 13.5. The summed E-state index contributed by atoms with van der Waals surface area (Å²) in [7, 11) is 0. The molecule has 0 aromatic carbocycles. The van der Waals surface area contributed by atoms with Crippen LogP contribution in [0.15, 0.2) is 9.85 Å². The molecule has 0 saturated heterocycles. The molecule has 104 valence electrons. The van der Waals surface area contributed by atoms with E-state index in [9.17, 15) is 0 Å². The first-order chi connectivity index (χ1) is 8.63. The Bertz CT molecular complexity index is 329. The van der Waals surface area contributed by atoms with Crippen molar-refractivity contribution in [2.75, 3.05) is 6.54 Å². The molecule has 0 aliphatic carbocycles. The molecule has 0 saturated carbocycles. The molecule has 0 aliphatic heterocycles. The second-order valence-electron chi connectivity index (χ2n) is 4.95. The van der Waals surface area contributed by atoms with Gasteiger partial charge in [-0.05, 0) is 53.4 Å². The lowest BCUT2D eigenvalue weighted by atomic mass is 9.90. The Labute approximate surface area is 125 Å². The molecule has 3 heteroatoms. The first-order valence-electron chi connectivity index (χ1n) is 7.13. The average molecular weight is 332 g/mol. The van der Waals surface area contributed by atoms with Gasteiger partial charge in [-0.1, -0.05) is 40.0 Å². The molecule has 18 heavy (non-hydrogen) atoms. The van der Waals surface area contributed by atoms with Gasteiger partial charge in [0.2, 0.25) is 0 Å². The summed E-state index contributed by atoms with van der Waals surface area (Å²) in [5, 5.41) is 3.69. The lowest BCUT2D eigenvalue weighted by Gasteiger charge is -2.26. The molecule has 2 atom stereocenters. The van der Waals surface area contributed by atoms with Crippen LogP contribution in [-0.2, 0) is 0 Å². The van der Waals surface area contributed by atoms with Crippen LogP contribution in [0.3, 0.4) is 0 Å². The lowest BCUT2D eigenvalue weighted by molar-refractivity contribution is 0.332. The monoisotopic (exact) mass is 331 g/mol. The van der Waals surface area contributed by atoms with Crippen molar-refractivity contribution >= 4 is 27.3 Å². The minimum atomic E-state index is 0.529. The van der Waals surface area contributed by atoms with Gasteiger partial charge in [-0.15, -0.1) is 11.3 Å². The van der Waals surface area contributed by atoms with Crippen molar-refractivity contribution in [2.24, 2.45) is 5.92 Å². The van der Waals surface area contributed by atoms with Crippen LogP contribution in [0.2, 0.25) is 0 Å². The van der Waals surface area contributed by atoms with E-state index in [1.807, 2.05) is 11.3 Å². The van der Waals surface area contributed by atoms with Gasteiger partial charge in [-0.3, -0.25) is 0 Å². The average Bonchev–Trinajstić information content (AvgIpc) is 2.69. The second kappa shape index (κ2) is 8.34. The summed E-state index contributed by atoms with van der Waals surface area (Å²) in [5.74, 6) is 0.759. The summed E-state index contributed by atoms with van der Waals surface area (Å²) in [5.41, 5.74) is 1.36. The third-order valence-corrected chi connectivity index (χ3v) is 5.75. The van der Waals surface area contributed by atoms with E-state index in [4.69, 9.17) is 0 Å². The summed E-state index contributed by atoms with van der Waals surface area (Å²) in [6.07, 6.45) is 5.22. The van der Waals surface area contributed by atoms with Crippen molar-refractivity contribution in [1.82, 2.24) is 5.32 Å². The van der Waals surface area contributed by atoms with Crippen molar-refractivity contribution in [3.05, 3.63) is 20.3 Å². The summed E-state index contributed by atoms with van der Waals surface area (Å²) >= 11 is 5.54. The van der Waals surface area contributed by atoms with Gasteiger partial charge in [-0.2, -0.15) is 0 Å². The van der Waals surface area contributed by atoms with Crippen molar-refractivity contribution in [3.8, 4) is 0 Å². The van der Waals surface area contributed by atoms with Gasteiger partial charge in [0, 0.05) is 10.9 Å². The maximum Gasteiger partial charge on any atom is 0.0731 e. The maximum atomic E-state index is 3.69. The van der Waals surface area contributed by atoms with Crippen molar-refractivity contribution < 1.29 is 0 Å². The van der Waals surface area contributed by atoms with Gasteiger partial charge >= 0.3 is 0 Å². The van der Waals surface area contributed by atoms with E-state index in [1.165, 1.54) is 39.9 Å². The Morgan fingerprint density at radius 1 is 1.33 bits per heavy atom. The third-order valence-electron chi connectivity index (χ3n) is 3.53. The summed E-state index contributed by atoms with van der Waals surface area (Å²) in [4.78, 5) is 1.49. The number of unbranched alkanes of at least 4 members (excludes halogenated alkanes) is 1. The molecule has 1 rings (SSSR count). The molecule has 0 aliphatic rings. The van der Waals surface area contributed by atoms with Crippen LogP contribution in [0.1, 0.15) is 62.9 Å². The van der Waals surface area contributed by atoms with Crippen molar-refractivity contribution in [2.45, 2.75) is 59.4 Å². The highest BCUT2D eigenvalue weighted by molar-refractivity contribution is 9.11. The molecule has 1 aromatic rings. The number of hydrogen-bond donors (Lipinski definition) is 1. The number of thiophene rings is 1. The zero-order valence-electron chi connectivity index (χ0n) is 12.1. The van der Waals surface area contributed by atoms with Gasteiger partial charge < -0.3 is 5.32 Å². The molecule has 0 amide bonds. The van der Waals surface area contributed by atoms with E-state index < -0.39 is 0 Å². The number of aryl methyl sites for hydroxylation is 1. The van der Waals surface area contributed by atoms with Crippen LogP contribution < -0.4 is 5.32 Å². The summed E-state index contributed by atoms with van der Waals surface area (Å²) in [6.45, 7) is 10.0. The summed E-state index contributed by atoms with van der Waals surface area (Å²) < 4.78 is 1.28. The minimum absolute atomic E-state index is 0.529. The molecule has 0 fully saturated rings. The molecule has 0 bridgehead atoms. The van der Waals surface area contributed by atoms with E-state index in [2.05, 4.69) is 55.0 Å². The quantitative estimate of drug-likeness (QED) is 0.645. The van der Waals surface area contributed by atoms with Crippen LogP contribution in [0, 0.1) is 12.8 Å². The largest absolute Gasteiger partial charge is 0.309 e. The Morgan fingerprint density at radius 2 is 2.06 bits per heavy atom. The van der Waals surface area contributed by atoms with Gasteiger partial charge in [0.25, 0.3) is 0 Å². The fourth-order valence-electron chi connectivity index (χ4n) is 2.43. The minimum Gasteiger partial charge on any atom is -0.309 e. The molecule has 2 unspecified atom stereocenters. The zero-order valence-corrected chi connectivity index (χ0v) is 14.5. The maximum absolute atomic E-state index is 3.69. The van der Waals surface area contributed by atoms with Crippen LogP contribution in [0.4, 0.5) is 0 Å². The van der Waals surface area contributed by atoms with E-state index in [0.717, 1.165) is 12.5 Å². The SMILES string of the molecule is CCCCC(CC)C(NCC)c1cc(C)c(Br)s1. The first-order valence-corrected chi connectivity index (χ1v) is 8.74. The molecular weight excluding hydrogens is 306 g/mol. The molecule has 0 radical (unpaired) electrons. The molecule has 1 heterocycles. The number of rotatable bonds is 8. The number of hydrogen-bond acceptors (Lipinski definition) is 2. The van der Waals surface area contributed by atoms with Crippen LogP contribution >= 0.6 is 27.3 Å². The van der Waals surface area contributed by atoms with Gasteiger partial charge in [-0.25, -0.2) is 0 Å². The Kier molecular flexibility index (Phi) is 7.50. The Hall–Kier alpha value is 0.140. The normalized spacial score (nSPS) is 14.7. The van der Waals surface area contributed by atoms with Crippen LogP contribution in [-0.4, -0.2) is 6.54 Å². The topological polar surface area (TPSA) is 12.0 Å². The standard InChI is InChI=1S/C15H26BrNS/c1-5-8-9-12(6-2)14(17-7-3)13-10-11(4)15(16)18-13/h10,12,14,17H,5-9H2,1-4H3. The fraction of sp³-hybridized carbons (Fsp3) is 0.733. The second-order valence-corrected chi connectivity index (χ2v) is 7.35. The molecule has 1 aromatic heterocycles.